The molecule has 120 valence electrons. The van der Waals surface area contributed by atoms with Crippen molar-refractivity contribution in [1.29, 1.82) is 0 Å². The molecule has 6 heteroatoms. The van der Waals surface area contributed by atoms with Crippen LogP contribution in [0.2, 0.25) is 0 Å². The second kappa shape index (κ2) is 6.68. The minimum atomic E-state index is -0.136. The Bertz CT molecular complexity index is 724. The molecule has 23 heavy (non-hydrogen) atoms. The highest BCUT2D eigenvalue weighted by Gasteiger charge is 2.27. The van der Waals surface area contributed by atoms with Crippen LogP contribution < -0.4 is 0 Å². The van der Waals surface area contributed by atoms with Gasteiger partial charge in [0.25, 0.3) is 5.91 Å². The number of Topliss-reactive ketones (excluding diaryl/α,β-unsaturated/α-hetero) is 1. The molecule has 1 aliphatic rings. The van der Waals surface area contributed by atoms with E-state index in [1.54, 1.807) is 17.2 Å². The number of rotatable bonds is 3. The highest BCUT2D eigenvalue weighted by molar-refractivity contribution is 9.10. The second-order valence-corrected chi connectivity index (χ2v) is 6.44. The monoisotopic (exact) mass is 376 g/mol. The smallest absolute Gasteiger partial charge is 0.270 e. The lowest BCUT2D eigenvalue weighted by atomic mass is 10.1. The lowest BCUT2D eigenvalue weighted by molar-refractivity contribution is -0.0230. The molecular weight excluding hydrogens is 360 g/mol. The molecule has 5 nitrogen and oxygen atoms in total. The molecule has 1 aromatic carbocycles. The number of aromatic nitrogens is 1. The molecule has 0 aliphatic carbocycles. The zero-order chi connectivity index (χ0) is 16.4. The van der Waals surface area contributed by atoms with Gasteiger partial charge in [0.2, 0.25) is 0 Å². The average Bonchev–Trinajstić information content (AvgIpc) is 3.05. The van der Waals surface area contributed by atoms with Gasteiger partial charge in [-0.25, -0.2) is 0 Å². The summed E-state index contributed by atoms with van der Waals surface area (Å²) in [6, 6.07) is 9.51. The molecule has 0 radical (unpaired) electrons. The van der Waals surface area contributed by atoms with E-state index in [0.29, 0.717) is 31.0 Å². The molecule has 0 saturated carbocycles. The van der Waals surface area contributed by atoms with Crippen molar-refractivity contribution in [2.24, 2.45) is 0 Å². The molecule has 1 N–H and O–H groups in total. The standard InChI is InChI=1S/C17H17BrN2O3/c1-11(21)13-8-15(19-9-13)17(22)20-6-7-23-16(10-20)12-2-4-14(18)5-3-12/h2-5,8-9,16,19H,6-7,10H2,1H3. The normalized spacial score (nSPS) is 18.0. The molecule has 0 bridgehead atoms. The van der Waals surface area contributed by atoms with E-state index in [4.69, 9.17) is 4.74 Å². The number of morpholine rings is 1. The highest BCUT2D eigenvalue weighted by atomic mass is 79.9. The van der Waals surface area contributed by atoms with Gasteiger partial charge in [0, 0.05) is 22.8 Å². The maximum Gasteiger partial charge on any atom is 0.270 e. The molecule has 1 aliphatic heterocycles. The molecule has 1 saturated heterocycles. The van der Waals surface area contributed by atoms with Gasteiger partial charge in [0.05, 0.1) is 13.2 Å². The van der Waals surface area contributed by atoms with Crippen molar-refractivity contribution in [2.45, 2.75) is 13.0 Å². The number of nitrogens with zero attached hydrogens (tertiary/aromatic N) is 1. The number of carbonyl (C=O) groups is 2. The number of hydrogen-bond donors (Lipinski definition) is 1. The van der Waals surface area contributed by atoms with Crippen molar-refractivity contribution in [3.05, 3.63) is 57.8 Å². The summed E-state index contributed by atoms with van der Waals surface area (Å²) in [5.41, 5.74) is 2.00. The van der Waals surface area contributed by atoms with Crippen molar-refractivity contribution in [3.63, 3.8) is 0 Å². The van der Waals surface area contributed by atoms with Gasteiger partial charge in [0.1, 0.15) is 11.8 Å². The van der Waals surface area contributed by atoms with Crippen LogP contribution in [0.25, 0.3) is 0 Å². The minimum Gasteiger partial charge on any atom is -0.370 e. The Morgan fingerprint density at radius 3 is 2.70 bits per heavy atom. The molecule has 1 unspecified atom stereocenters. The van der Waals surface area contributed by atoms with Gasteiger partial charge in [-0.2, -0.15) is 0 Å². The van der Waals surface area contributed by atoms with Crippen LogP contribution in [0.1, 0.15) is 39.4 Å². The summed E-state index contributed by atoms with van der Waals surface area (Å²) in [6.45, 7) is 3.01. The van der Waals surface area contributed by atoms with Crippen molar-refractivity contribution < 1.29 is 14.3 Å². The lowest BCUT2D eigenvalue weighted by Crippen LogP contribution is -2.42. The van der Waals surface area contributed by atoms with Crippen LogP contribution in [0.4, 0.5) is 0 Å². The molecule has 0 spiro atoms. The summed E-state index contributed by atoms with van der Waals surface area (Å²) in [6.07, 6.45) is 1.44. The van der Waals surface area contributed by atoms with Gasteiger partial charge in [-0.15, -0.1) is 0 Å². The molecule has 1 fully saturated rings. The lowest BCUT2D eigenvalue weighted by Gasteiger charge is -2.33. The summed E-state index contributed by atoms with van der Waals surface area (Å²) in [5, 5.41) is 0. The average molecular weight is 377 g/mol. The molecule has 2 heterocycles. The number of hydrogen-bond acceptors (Lipinski definition) is 3. The van der Waals surface area contributed by atoms with Crippen LogP contribution >= 0.6 is 15.9 Å². The second-order valence-electron chi connectivity index (χ2n) is 5.52. The summed E-state index contributed by atoms with van der Waals surface area (Å²) in [5.74, 6) is -0.169. The summed E-state index contributed by atoms with van der Waals surface area (Å²) in [7, 11) is 0. The van der Waals surface area contributed by atoms with Gasteiger partial charge in [-0.05, 0) is 30.7 Å². The van der Waals surface area contributed by atoms with E-state index in [-0.39, 0.29) is 17.8 Å². The number of aromatic amines is 1. The summed E-state index contributed by atoms with van der Waals surface area (Å²) < 4.78 is 6.80. The third-order valence-electron chi connectivity index (χ3n) is 3.92. The van der Waals surface area contributed by atoms with E-state index in [9.17, 15) is 9.59 Å². The minimum absolute atomic E-state index is 0.0602. The fourth-order valence-corrected chi connectivity index (χ4v) is 2.87. The first-order valence-corrected chi connectivity index (χ1v) is 8.19. The van der Waals surface area contributed by atoms with Gasteiger partial charge < -0.3 is 14.6 Å². The number of halogens is 1. The van der Waals surface area contributed by atoms with Crippen LogP contribution in [-0.2, 0) is 4.74 Å². The van der Waals surface area contributed by atoms with Crippen LogP contribution in [0.15, 0.2) is 41.0 Å². The SMILES string of the molecule is CC(=O)c1c[nH]c(C(=O)N2CCOC(c3ccc(Br)cc3)C2)c1. The first-order valence-electron chi connectivity index (χ1n) is 7.40. The number of nitrogens with one attached hydrogen (secondary N) is 1. The van der Waals surface area contributed by atoms with Crippen LogP contribution in [0.3, 0.4) is 0 Å². The fourth-order valence-electron chi connectivity index (χ4n) is 2.60. The Labute approximate surface area is 142 Å². The molecule has 2 aromatic rings. The number of ketones is 1. The molecule has 1 amide bonds. The third kappa shape index (κ3) is 3.54. The first-order chi connectivity index (χ1) is 11.0. The Kier molecular flexibility index (Phi) is 4.63. The zero-order valence-corrected chi connectivity index (χ0v) is 14.3. The molecule has 1 aromatic heterocycles. The largest absolute Gasteiger partial charge is 0.370 e. The third-order valence-corrected chi connectivity index (χ3v) is 4.44. The number of amides is 1. The number of H-pyrrole nitrogens is 1. The summed E-state index contributed by atoms with van der Waals surface area (Å²) >= 11 is 3.41. The number of benzene rings is 1. The van der Waals surface area contributed by atoms with E-state index >= 15 is 0 Å². The quantitative estimate of drug-likeness (QED) is 0.836. The Balaban J connectivity index is 1.73. The maximum atomic E-state index is 12.6. The van der Waals surface area contributed by atoms with E-state index in [1.165, 1.54) is 6.92 Å². The van der Waals surface area contributed by atoms with Crippen molar-refractivity contribution in [1.82, 2.24) is 9.88 Å². The predicted molar refractivity (Wildman–Crippen MR) is 89.5 cm³/mol. The molecular formula is C17H17BrN2O3. The van der Waals surface area contributed by atoms with E-state index in [0.717, 1.165) is 10.0 Å². The van der Waals surface area contributed by atoms with E-state index in [1.807, 2.05) is 24.3 Å². The van der Waals surface area contributed by atoms with Crippen molar-refractivity contribution in [3.8, 4) is 0 Å². The highest BCUT2D eigenvalue weighted by Crippen LogP contribution is 2.24. The van der Waals surface area contributed by atoms with Crippen LogP contribution in [0, 0.1) is 0 Å². The topological polar surface area (TPSA) is 62.4 Å². The van der Waals surface area contributed by atoms with Gasteiger partial charge >= 0.3 is 0 Å². The Hall–Kier alpha value is -1.92. The number of carbonyl (C=O) groups excluding carboxylic acids is 2. The van der Waals surface area contributed by atoms with Gasteiger partial charge in [-0.3, -0.25) is 9.59 Å². The van der Waals surface area contributed by atoms with E-state index in [2.05, 4.69) is 20.9 Å². The first kappa shape index (κ1) is 16.0. The van der Waals surface area contributed by atoms with Crippen molar-refractivity contribution >= 4 is 27.6 Å². The predicted octanol–water partition coefficient (Wildman–Crippen LogP) is 3.19. The maximum absolute atomic E-state index is 12.6. The van der Waals surface area contributed by atoms with Crippen LogP contribution in [-0.4, -0.2) is 41.3 Å². The fraction of sp³-hybridized carbons (Fsp3) is 0.294. The van der Waals surface area contributed by atoms with Gasteiger partial charge in [-0.1, -0.05) is 28.1 Å². The Morgan fingerprint density at radius 2 is 2.04 bits per heavy atom. The van der Waals surface area contributed by atoms with E-state index < -0.39 is 0 Å². The molecule has 1 atom stereocenters. The summed E-state index contributed by atoms with van der Waals surface area (Å²) in [4.78, 5) is 28.6. The zero-order valence-electron chi connectivity index (χ0n) is 12.7. The van der Waals surface area contributed by atoms with Crippen molar-refractivity contribution in [2.75, 3.05) is 19.7 Å². The van der Waals surface area contributed by atoms with Crippen LogP contribution in [0.5, 0.6) is 0 Å². The molecule has 3 rings (SSSR count). The van der Waals surface area contributed by atoms with Gasteiger partial charge in [0.15, 0.2) is 5.78 Å². The number of ether oxygens (including phenoxy) is 1. The Morgan fingerprint density at radius 1 is 1.30 bits per heavy atom.